The van der Waals surface area contributed by atoms with Crippen molar-refractivity contribution < 1.29 is 9.53 Å². The minimum Gasteiger partial charge on any atom is -0.465 e. The number of carbonyl (C=O) groups excluding carboxylic acids is 1. The quantitative estimate of drug-likeness (QED) is 0.708. The van der Waals surface area contributed by atoms with Gasteiger partial charge in [-0.1, -0.05) is 0 Å². The summed E-state index contributed by atoms with van der Waals surface area (Å²) >= 11 is 0. The molecule has 1 atom stereocenters. The van der Waals surface area contributed by atoms with E-state index >= 15 is 0 Å². The third-order valence-electron chi connectivity index (χ3n) is 3.07. The van der Waals surface area contributed by atoms with Crippen LogP contribution in [-0.4, -0.2) is 44.8 Å². The lowest BCUT2D eigenvalue weighted by molar-refractivity contribution is -0.148. The first-order valence-electron chi connectivity index (χ1n) is 5.96. The van der Waals surface area contributed by atoms with Crippen molar-refractivity contribution in [3.63, 3.8) is 0 Å². The Labute approximate surface area is 101 Å². The second-order valence-corrected chi connectivity index (χ2v) is 4.24. The Morgan fingerprint density at radius 1 is 1.65 bits per heavy atom. The predicted molar refractivity (Wildman–Crippen MR) is 61.1 cm³/mol. The van der Waals surface area contributed by atoms with Crippen molar-refractivity contribution in [1.82, 2.24) is 19.7 Å². The lowest BCUT2D eigenvalue weighted by atomic mass is 10.2. The van der Waals surface area contributed by atoms with Crippen LogP contribution in [0.3, 0.4) is 0 Å². The molecule has 17 heavy (non-hydrogen) atoms. The molecule has 1 aromatic rings. The van der Waals surface area contributed by atoms with E-state index in [9.17, 15) is 4.79 Å². The molecule has 1 aromatic heterocycles. The number of aromatic nitrogens is 3. The molecule has 0 bridgehead atoms. The predicted octanol–water partition coefficient (Wildman–Crippen LogP) is 0.343. The van der Waals surface area contributed by atoms with Crippen molar-refractivity contribution in [2.75, 3.05) is 13.2 Å². The molecular formula is C11H18N4O2. The van der Waals surface area contributed by atoms with Crippen molar-refractivity contribution in [2.24, 2.45) is 7.05 Å². The summed E-state index contributed by atoms with van der Waals surface area (Å²) in [5.41, 5.74) is 0. The molecule has 1 fully saturated rings. The average Bonchev–Trinajstić information content (AvgIpc) is 2.90. The molecule has 6 heteroatoms. The summed E-state index contributed by atoms with van der Waals surface area (Å²) in [6.07, 6.45) is 3.57. The molecule has 1 aliphatic rings. The molecule has 0 aromatic carbocycles. The van der Waals surface area contributed by atoms with Gasteiger partial charge >= 0.3 is 5.97 Å². The first-order valence-corrected chi connectivity index (χ1v) is 5.96. The number of carbonyl (C=O) groups is 1. The Bertz CT molecular complexity index is 391. The highest BCUT2D eigenvalue weighted by molar-refractivity contribution is 5.76. The van der Waals surface area contributed by atoms with Crippen LogP contribution in [0.15, 0.2) is 6.33 Å². The van der Waals surface area contributed by atoms with E-state index in [1.165, 1.54) is 0 Å². The molecule has 0 amide bonds. The van der Waals surface area contributed by atoms with E-state index in [4.69, 9.17) is 4.74 Å². The largest absolute Gasteiger partial charge is 0.465 e. The van der Waals surface area contributed by atoms with Crippen LogP contribution in [0, 0.1) is 0 Å². The SMILES string of the molecule is CCOC(=O)C1CCCN1Cc1nncn1C. The van der Waals surface area contributed by atoms with E-state index in [-0.39, 0.29) is 12.0 Å². The third kappa shape index (κ3) is 2.63. The van der Waals surface area contributed by atoms with E-state index in [0.29, 0.717) is 13.2 Å². The van der Waals surface area contributed by atoms with Gasteiger partial charge in [-0.15, -0.1) is 10.2 Å². The number of nitrogens with zero attached hydrogens (tertiary/aromatic N) is 4. The Kier molecular flexibility index (Phi) is 3.73. The van der Waals surface area contributed by atoms with Crippen molar-refractivity contribution in [1.29, 1.82) is 0 Å². The normalized spacial score (nSPS) is 20.7. The lowest BCUT2D eigenvalue weighted by Gasteiger charge is -2.21. The maximum atomic E-state index is 11.8. The summed E-state index contributed by atoms with van der Waals surface area (Å²) in [6, 6.07) is -0.119. The highest BCUT2D eigenvalue weighted by Crippen LogP contribution is 2.20. The minimum atomic E-state index is -0.119. The van der Waals surface area contributed by atoms with Gasteiger partial charge in [0.2, 0.25) is 0 Å². The first kappa shape index (κ1) is 12.0. The molecule has 2 rings (SSSR count). The van der Waals surface area contributed by atoms with Gasteiger partial charge in [0, 0.05) is 7.05 Å². The summed E-state index contributed by atoms with van der Waals surface area (Å²) in [5.74, 6) is 0.758. The van der Waals surface area contributed by atoms with Gasteiger partial charge in [0.25, 0.3) is 0 Å². The Hall–Kier alpha value is -1.43. The fourth-order valence-electron chi connectivity index (χ4n) is 2.15. The lowest BCUT2D eigenvalue weighted by Crippen LogP contribution is -2.37. The monoisotopic (exact) mass is 238 g/mol. The number of hydrogen-bond acceptors (Lipinski definition) is 5. The zero-order chi connectivity index (χ0) is 12.3. The van der Waals surface area contributed by atoms with Crippen LogP contribution in [0.5, 0.6) is 0 Å². The van der Waals surface area contributed by atoms with E-state index in [1.54, 1.807) is 6.33 Å². The second-order valence-electron chi connectivity index (χ2n) is 4.24. The molecule has 2 heterocycles. The van der Waals surface area contributed by atoms with Crippen molar-refractivity contribution in [3.8, 4) is 0 Å². The molecule has 0 saturated carbocycles. The van der Waals surface area contributed by atoms with E-state index < -0.39 is 0 Å². The van der Waals surface area contributed by atoms with Crippen molar-refractivity contribution >= 4 is 5.97 Å². The number of ether oxygens (including phenoxy) is 1. The molecule has 0 N–H and O–H groups in total. The molecule has 94 valence electrons. The second kappa shape index (κ2) is 5.27. The van der Waals surface area contributed by atoms with Gasteiger partial charge in [0.1, 0.15) is 18.2 Å². The van der Waals surface area contributed by atoms with Crippen LogP contribution in [-0.2, 0) is 23.1 Å². The van der Waals surface area contributed by atoms with Crippen LogP contribution in [0.25, 0.3) is 0 Å². The fraction of sp³-hybridized carbons (Fsp3) is 0.727. The smallest absolute Gasteiger partial charge is 0.323 e. The van der Waals surface area contributed by atoms with Gasteiger partial charge in [-0.25, -0.2) is 0 Å². The van der Waals surface area contributed by atoms with Crippen LogP contribution in [0.4, 0.5) is 0 Å². The summed E-state index contributed by atoms with van der Waals surface area (Å²) in [5, 5.41) is 7.88. The number of likely N-dealkylation sites (tertiary alicyclic amines) is 1. The Morgan fingerprint density at radius 2 is 2.47 bits per heavy atom. The number of rotatable bonds is 4. The number of hydrogen-bond donors (Lipinski definition) is 0. The average molecular weight is 238 g/mol. The van der Waals surface area contributed by atoms with Gasteiger partial charge in [0.15, 0.2) is 0 Å². The van der Waals surface area contributed by atoms with Crippen molar-refractivity contribution in [3.05, 3.63) is 12.2 Å². The highest BCUT2D eigenvalue weighted by Gasteiger charge is 2.32. The molecule has 0 radical (unpaired) electrons. The van der Waals surface area contributed by atoms with Gasteiger partial charge in [-0.3, -0.25) is 9.69 Å². The zero-order valence-corrected chi connectivity index (χ0v) is 10.3. The van der Waals surface area contributed by atoms with Crippen molar-refractivity contribution in [2.45, 2.75) is 32.4 Å². The van der Waals surface area contributed by atoms with Gasteiger partial charge in [-0.2, -0.15) is 0 Å². The van der Waals surface area contributed by atoms with Crippen LogP contribution in [0.2, 0.25) is 0 Å². The zero-order valence-electron chi connectivity index (χ0n) is 10.3. The number of aryl methyl sites for hydroxylation is 1. The molecule has 0 aliphatic carbocycles. The Balaban J connectivity index is 2.00. The van der Waals surface area contributed by atoms with Crippen LogP contribution >= 0.6 is 0 Å². The fourth-order valence-corrected chi connectivity index (χ4v) is 2.15. The van der Waals surface area contributed by atoms with E-state index in [1.807, 2.05) is 18.5 Å². The molecule has 1 aliphatic heterocycles. The minimum absolute atomic E-state index is 0.118. The maximum absolute atomic E-state index is 11.8. The molecule has 0 spiro atoms. The summed E-state index contributed by atoms with van der Waals surface area (Å²) in [4.78, 5) is 13.9. The third-order valence-corrected chi connectivity index (χ3v) is 3.07. The maximum Gasteiger partial charge on any atom is 0.323 e. The molecule has 1 unspecified atom stereocenters. The van der Waals surface area contributed by atoms with E-state index in [0.717, 1.165) is 25.2 Å². The highest BCUT2D eigenvalue weighted by atomic mass is 16.5. The van der Waals surface area contributed by atoms with Crippen LogP contribution < -0.4 is 0 Å². The summed E-state index contributed by atoms with van der Waals surface area (Å²) < 4.78 is 6.96. The van der Waals surface area contributed by atoms with E-state index in [2.05, 4.69) is 15.1 Å². The Morgan fingerprint density at radius 3 is 3.12 bits per heavy atom. The van der Waals surface area contributed by atoms with Gasteiger partial charge in [-0.05, 0) is 26.3 Å². The molecular weight excluding hydrogens is 220 g/mol. The number of esters is 1. The molecule has 6 nitrogen and oxygen atoms in total. The summed E-state index contributed by atoms with van der Waals surface area (Å²) in [7, 11) is 1.91. The van der Waals surface area contributed by atoms with Gasteiger partial charge < -0.3 is 9.30 Å². The van der Waals surface area contributed by atoms with Gasteiger partial charge in [0.05, 0.1) is 13.2 Å². The first-order chi connectivity index (χ1) is 8.22. The van der Waals surface area contributed by atoms with Crippen LogP contribution in [0.1, 0.15) is 25.6 Å². The standard InChI is InChI=1S/C11H18N4O2/c1-3-17-11(16)9-5-4-6-15(9)7-10-13-12-8-14(10)2/h8-9H,3-7H2,1-2H3. The topological polar surface area (TPSA) is 60.2 Å². The molecule has 1 saturated heterocycles. The summed E-state index contributed by atoms with van der Waals surface area (Å²) in [6.45, 7) is 3.84.